The molecule has 0 radical (unpaired) electrons. The number of nitrogens with one attached hydrogen (secondary N) is 1. The van der Waals surface area contributed by atoms with Gasteiger partial charge in [-0.3, -0.25) is 0 Å². The molecule has 1 rings (SSSR count). The van der Waals surface area contributed by atoms with Crippen molar-refractivity contribution in [2.45, 2.75) is 45.7 Å². The van der Waals surface area contributed by atoms with Crippen LogP contribution in [0.2, 0.25) is 0 Å². The Morgan fingerprint density at radius 2 is 2.18 bits per heavy atom. The van der Waals surface area contributed by atoms with Gasteiger partial charge in [-0.2, -0.15) is 0 Å². The molecule has 0 saturated carbocycles. The molecule has 0 aliphatic carbocycles. The normalized spacial score (nSPS) is 13.5. The molecule has 0 aromatic carbocycles. The number of hydrogen-bond acceptors (Lipinski definition) is 3. The van der Waals surface area contributed by atoms with Crippen molar-refractivity contribution in [2.75, 3.05) is 20.1 Å². The second kappa shape index (κ2) is 7.85. The van der Waals surface area contributed by atoms with Gasteiger partial charge in [0.1, 0.15) is 0 Å². The van der Waals surface area contributed by atoms with E-state index in [0.29, 0.717) is 12.1 Å². The SMILES string of the molecule is CCC(NCCCN(C)C(C)C)c1cccs1. The van der Waals surface area contributed by atoms with Gasteiger partial charge in [0.25, 0.3) is 0 Å². The third kappa shape index (κ3) is 5.19. The van der Waals surface area contributed by atoms with E-state index in [1.807, 2.05) is 11.3 Å². The van der Waals surface area contributed by atoms with E-state index < -0.39 is 0 Å². The van der Waals surface area contributed by atoms with Gasteiger partial charge in [0.15, 0.2) is 0 Å². The minimum absolute atomic E-state index is 0.541. The maximum Gasteiger partial charge on any atom is 0.0412 e. The lowest BCUT2D eigenvalue weighted by atomic mass is 10.2. The molecular formula is C14H26N2S. The van der Waals surface area contributed by atoms with Crippen LogP contribution in [0.3, 0.4) is 0 Å². The van der Waals surface area contributed by atoms with Crippen molar-refractivity contribution in [2.24, 2.45) is 0 Å². The van der Waals surface area contributed by atoms with Gasteiger partial charge in [-0.25, -0.2) is 0 Å². The summed E-state index contributed by atoms with van der Waals surface area (Å²) in [6.45, 7) is 9.01. The Balaban J connectivity index is 2.21. The summed E-state index contributed by atoms with van der Waals surface area (Å²) in [6.07, 6.45) is 2.39. The van der Waals surface area contributed by atoms with Crippen molar-refractivity contribution in [3.63, 3.8) is 0 Å². The molecule has 1 unspecified atom stereocenters. The summed E-state index contributed by atoms with van der Waals surface area (Å²) in [5.74, 6) is 0. The second-order valence-corrected chi connectivity index (χ2v) is 5.84. The van der Waals surface area contributed by atoms with Crippen LogP contribution < -0.4 is 5.32 Å². The number of thiophene rings is 1. The van der Waals surface area contributed by atoms with E-state index >= 15 is 0 Å². The third-order valence-corrected chi connectivity index (χ3v) is 4.24. The van der Waals surface area contributed by atoms with Crippen LogP contribution in [0.1, 0.15) is 44.5 Å². The highest BCUT2D eigenvalue weighted by Gasteiger charge is 2.09. The van der Waals surface area contributed by atoms with E-state index in [-0.39, 0.29) is 0 Å². The van der Waals surface area contributed by atoms with E-state index in [1.54, 1.807) is 0 Å². The van der Waals surface area contributed by atoms with Gasteiger partial charge in [0.2, 0.25) is 0 Å². The van der Waals surface area contributed by atoms with Gasteiger partial charge in [-0.05, 0) is 58.3 Å². The third-order valence-electron chi connectivity index (χ3n) is 3.25. The Bertz CT molecular complexity index is 282. The summed E-state index contributed by atoms with van der Waals surface area (Å²) in [5, 5.41) is 5.81. The fourth-order valence-electron chi connectivity index (χ4n) is 1.80. The molecule has 1 aromatic rings. The molecule has 1 aromatic heterocycles. The smallest absolute Gasteiger partial charge is 0.0412 e. The molecule has 0 spiro atoms. The zero-order chi connectivity index (χ0) is 12.7. The van der Waals surface area contributed by atoms with Crippen molar-refractivity contribution >= 4 is 11.3 Å². The molecule has 1 heterocycles. The fourth-order valence-corrected chi connectivity index (χ4v) is 2.68. The summed E-state index contributed by atoms with van der Waals surface area (Å²) < 4.78 is 0. The van der Waals surface area contributed by atoms with Crippen molar-refractivity contribution in [1.29, 1.82) is 0 Å². The molecule has 98 valence electrons. The van der Waals surface area contributed by atoms with Crippen molar-refractivity contribution < 1.29 is 0 Å². The van der Waals surface area contributed by atoms with Crippen LogP contribution in [-0.2, 0) is 0 Å². The number of hydrogen-bond donors (Lipinski definition) is 1. The Kier molecular flexibility index (Phi) is 6.78. The first-order chi connectivity index (χ1) is 8.15. The number of rotatable bonds is 8. The lowest BCUT2D eigenvalue weighted by molar-refractivity contribution is 0.267. The van der Waals surface area contributed by atoms with Crippen LogP contribution >= 0.6 is 11.3 Å². The van der Waals surface area contributed by atoms with Crippen LogP contribution in [0.25, 0.3) is 0 Å². The second-order valence-electron chi connectivity index (χ2n) is 4.86. The monoisotopic (exact) mass is 254 g/mol. The van der Waals surface area contributed by atoms with Gasteiger partial charge in [0, 0.05) is 17.0 Å². The fraction of sp³-hybridized carbons (Fsp3) is 0.714. The van der Waals surface area contributed by atoms with Gasteiger partial charge < -0.3 is 10.2 Å². The molecule has 1 atom stereocenters. The van der Waals surface area contributed by atoms with Gasteiger partial charge in [0.05, 0.1) is 0 Å². The molecule has 17 heavy (non-hydrogen) atoms. The molecule has 0 amide bonds. The quantitative estimate of drug-likeness (QED) is 0.714. The molecule has 0 bridgehead atoms. The maximum atomic E-state index is 3.65. The molecule has 3 heteroatoms. The summed E-state index contributed by atoms with van der Waals surface area (Å²) in [4.78, 5) is 3.86. The first-order valence-electron chi connectivity index (χ1n) is 6.62. The van der Waals surface area contributed by atoms with Gasteiger partial charge in [-0.1, -0.05) is 13.0 Å². The van der Waals surface area contributed by atoms with E-state index in [2.05, 4.69) is 55.5 Å². The Morgan fingerprint density at radius 1 is 1.41 bits per heavy atom. The highest BCUT2D eigenvalue weighted by atomic mass is 32.1. The molecule has 0 aliphatic rings. The molecule has 0 saturated heterocycles. The van der Waals surface area contributed by atoms with Gasteiger partial charge >= 0.3 is 0 Å². The van der Waals surface area contributed by atoms with Crippen molar-refractivity contribution in [3.8, 4) is 0 Å². The largest absolute Gasteiger partial charge is 0.309 e. The summed E-state index contributed by atoms with van der Waals surface area (Å²) >= 11 is 1.85. The lowest BCUT2D eigenvalue weighted by Gasteiger charge is -2.22. The zero-order valence-electron chi connectivity index (χ0n) is 11.6. The minimum Gasteiger partial charge on any atom is -0.309 e. The topological polar surface area (TPSA) is 15.3 Å². The Labute approximate surface area is 110 Å². The Morgan fingerprint density at radius 3 is 2.71 bits per heavy atom. The Hall–Kier alpha value is -0.380. The van der Waals surface area contributed by atoms with Crippen molar-refractivity contribution in [3.05, 3.63) is 22.4 Å². The predicted octanol–water partition coefficient (Wildman–Crippen LogP) is 3.52. The summed E-state index contributed by atoms with van der Waals surface area (Å²) in [6, 6.07) is 5.55. The first kappa shape index (κ1) is 14.7. The molecular weight excluding hydrogens is 228 g/mol. The average Bonchev–Trinajstić information content (AvgIpc) is 2.82. The predicted molar refractivity (Wildman–Crippen MR) is 77.7 cm³/mol. The number of nitrogens with zero attached hydrogens (tertiary/aromatic N) is 1. The van der Waals surface area contributed by atoms with Crippen LogP contribution in [-0.4, -0.2) is 31.1 Å². The molecule has 1 N–H and O–H groups in total. The minimum atomic E-state index is 0.541. The lowest BCUT2D eigenvalue weighted by Crippen LogP contribution is -2.30. The molecule has 2 nitrogen and oxygen atoms in total. The van der Waals surface area contributed by atoms with Crippen LogP contribution in [0.15, 0.2) is 17.5 Å². The van der Waals surface area contributed by atoms with Crippen LogP contribution in [0.4, 0.5) is 0 Å². The molecule has 0 fully saturated rings. The first-order valence-corrected chi connectivity index (χ1v) is 7.50. The highest BCUT2D eigenvalue weighted by molar-refractivity contribution is 7.10. The van der Waals surface area contributed by atoms with E-state index in [0.717, 1.165) is 6.54 Å². The summed E-state index contributed by atoms with van der Waals surface area (Å²) in [5.41, 5.74) is 0. The van der Waals surface area contributed by atoms with E-state index in [4.69, 9.17) is 0 Å². The summed E-state index contributed by atoms with van der Waals surface area (Å²) in [7, 11) is 2.20. The standard InChI is InChI=1S/C14H26N2S/c1-5-13(14-8-6-11-17-14)15-9-7-10-16(4)12(2)3/h6,8,11-13,15H,5,7,9-10H2,1-4H3. The van der Waals surface area contributed by atoms with Crippen LogP contribution in [0.5, 0.6) is 0 Å². The highest BCUT2D eigenvalue weighted by Crippen LogP contribution is 2.21. The maximum absolute atomic E-state index is 3.65. The van der Waals surface area contributed by atoms with Crippen LogP contribution in [0, 0.1) is 0 Å². The van der Waals surface area contributed by atoms with Gasteiger partial charge in [-0.15, -0.1) is 11.3 Å². The zero-order valence-corrected chi connectivity index (χ0v) is 12.4. The van der Waals surface area contributed by atoms with E-state index in [9.17, 15) is 0 Å². The van der Waals surface area contributed by atoms with Crippen molar-refractivity contribution in [1.82, 2.24) is 10.2 Å². The molecule has 0 aliphatic heterocycles. The average molecular weight is 254 g/mol. The van der Waals surface area contributed by atoms with E-state index in [1.165, 1.54) is 24.3 Å².